The first-order valence-electron chi connectivity index (χ1n) is 12.3. The van der Waals surface area contributed by atoms with E-state index in [1.807, 2.05) is 36.4 Å². The Morgan fingerprint density at radius 2 is 1.16 bits per heavy atom. The lowest BCUT2D eigenvalue weighted by molar-refractivity contribution is 1.30. The van der Waals surface area contributed by atoms with Gasteiger partial charge in [-0.25, -0.2) is 4.98 Å². The zero-order valence-electron chi connectivity index (χ0n) is 20.0. The van der Waals surface area contributed by atoms with Crippen LogP contribution in [0.15, 0.2) is 127 Å². The van der Waals surface area contributed by atoms with Crippen LogP contribution in [-0.2, 0) is 0 Å². The maximum Gasteiger partial charge on any atom is 0.146 e. The minimum Gasteiger partial charge on any atom is -0.291 e. The van der Waals surface area contributed by atoms with Crippen molar-refractivity contribution in [2.24, 2.45) is 0 Å². The van der Waals surface area contributed by atoms with Crippen molar-refractivity contribution in [1.29, 1.82) is 5.26 Å². The smallest absolute Gasteiger partial charge is 0.146 e. The van der Waals surface area contributed by atoms with E-state index >= 15 is 0 Å². The number of para-hydroxylation sites is 1. The fourth-order valence-corrected chi connectivity index (χ4v) is 5.27. The average molecular weight is 472 g/mol. The van der Waals surface area contributed by atoms with Crippen LogP contribution in [0.4, 0.5) is 0 Å². The molecule has 0 aliphatic rings. The first-order chi connectivity index (χ1) is 18.3. The molecule has 0 fully saturated rings. The summed E-state index contributed by atoms with van der Waals surface area (Å²) in [6.45, 7) is 0. The van der Waals surface area contributed by atoms with Gasteiger partial charge in [-0.1, -0.05) is 103 Å². The van der Waals surface area contributed by atoms with E-state index in [9.17, 15) is 5.26 Å². The lowest BCUT2D eigenvalue weighted by Gasteiger charge is -2.12. The second kappa shape index (κ2) is 8.48. The van der Waals surface area contributed by atoms with Crippen molar-refractivity contribution in [2.45, 2.75) is 0 Å². The Labute approximate surface area is 214 Å². The lowest BCUT2D eigenvalue weighted by atomic mass is 9.97. The summed E-state index contributed by atoms with van der Waals surface area (Å²) in [6, 6.07) is 46.1. The van der Waals surface area contributed by atoms with Crippen LogP contribution < -0.4 is 0 Å². The van der Waals surface area contributed by atoms with Crippen LogP contribution in [0, 0.1) is 11.3 Å². The summed E-state index contributed by atoms with van der Waals surface area (Å²) in [5, 5.41) is 10.5. The molecule has 0 aliphatic carbocycles. The Hall–Kier alpha value is -5.20. The van der Waals surface area contributed by atoms with Crippen molar-refractivity contribution < 1.29 is 0 Å². The normalized spacial score (nSPS) is 11.2. The highest BCUT2D eigenvalue weighted by Gasteiger charge is 2.20. The third kappa shape index (κ3) is 3.39. The number of hydrogen-bond acceptors (Lipinski definition) is 2. The average Bonchev–Trinajstić information content (AvgIpc) is 3.38. The first-order valence-corrected chi connectivity index (χ1v) is 12.3. The van der Waals surface area contributed by atoms with Crippen molar-refractivity contribution in [3.63, 3.8) is 0 Å². The molecule has 3 heteroatoms. The van der Waals surface area contributed by atoms with Crippen molar-refractivity contribution >= 4 is 27.6 Å². The van der Waals surface area contributed by atoms with Crippen molar-refractivity contribution in [3.05, 3.63) is 133 Å². The summed E-state index contributed by atoms with van der Waals surface area (Å²) in [5.41, 5.74) is 11.3. The number of pyridine rings is 1. The van der Waals surface area contributed by atoms with Crippen LogP contribution in [-0.4, -0.2) is 9.38 Å². The van der Waals surface area contributed by atoms with Crippen LogP contribution in [0.2, 0.25) is 0 Å². The number of rotatable bonds is 3. The quantitative estimate of drug-likeness (QED) is 0.259. The monoisotopic (exact) mass is 471 g/mol. The number of aromatic nitrogens is 2. The SMILES string of the molecule is N#Cc1ccc(-c2cc3ccccc3n3c2nc2c(-c4ccccc4)ccc(-c4ccccc4)c23)cc1. The summed E-state index contributed by atoms with van der Waals surface area (Å²) in [4.78, 5) is 5.34. The van der Waals surface area contributed by atoms with E-state index in [1.165, 1.54) is 0 Å². The van der Waals surface area contributed by atoms with Gasteiger partial charge in [0, 0.05) is 16.7 Å². The molecule has 0 amide bonds. The van der Waals surface area contributed by atoms with Gasteiger partial charge in [0.25, 0.3) is 0 Å². The number of fused-ring (bicyclic) bond motifs is 5. The Morgan fingerprint density at radius 1 is 0.568 bits per heavy atom. The highest BCUT2D eigenvalue weighted by Crippen LogP contribution is 2.40. The minimum absolute atomic E-state index is 0.645. The van der Waals surface area contributed by atoms with E-state index in [0.717, 1.165) is 61.0 Å². The number of hydrogen-bond donors (Lipinski definition) is 0. The van der Waals surface area contributed by atoms with Crippen molar-refractivity contribution in [2.75, 3.05) is 0 Å². The Morgan fingerprint density at radius 3 is 1.86 bits per heavy atom. The molecule has 2 aromatic heterocycles. The maximum atomic E-state index is 9.32. The summed E-state index contributed by atoms with van der Waals surface area (Å²) in [5.74, 6) is 0. The Balaban J connectivity index is 1.68. The second-order valence-electron chi connectivity index (χ2n) is 9.17. The fourth-order valence-electron chi connectivity index (χ4n) is 5.27. The second-order valence-corrected chi connectivity index (χ2v) is 9.17. The van der Waals surface area contributed by atoms with Gasteiger partial charge in [0.05, 0.1) is 28.2 Å². The van der Waals surface area contributed by atoms with Crippen LogP contribution in [0.3, 0.4) is 0 Å². The van der Waals surface area contributed by atoms with Crippen molar-refractivity contribution in [3.8, 4) is 39.4 Å². The number of imidazole rings is 1. The van der Waals surface area contributed by atoms with E-state index < -0.39 is 0 Å². The van der Waals surface area contributed by atoms with Gasteiger partial charge in [-0.3, -0.25) is 4.40 Å². The molecular weight excluding hydrogens is 450 g/mol. The molecule has 3 nitrogen and oxygen atoms in total. The third-order valence-corrected chi connectivity index (χ3v) is 7.02. The molecule has 0 N–H and O–H groups in total. The van der Waals surface area contributed by atoms with Gasteiger partial charge < -0.3 is 0 Å². The molecule has 2 heterocycles. The van der Waals surface area contributed by atoms with E-state index in [4.69, 9.17) is 4.98 Å². The molecule has 0 bridgehead atoms. The fraction of sp³-hybridized carbons (Fsp3) is 0. The van der Waals surface area contributed by atoms with Gasteiger partial charge in [0.1, 0.15) is 5.65 Å². The first kappa shape index (κ1) is 21.1. The van der Waals surface area contributed by atoms with Gasteiger partial charge in [0.15, 0.2) is 0 Å². The molecular formula is C34H21N3. The zero-order valence-corrected chi connectivity index (χ0v) is 20.0. The van der Waals surface area contributed by atoms with E-state index in [1.54, 1.807) is 0 Å². The van der Waals surface area contributed by atoms with Gasteiger partial charge in [0.2, 0.25) is 0 Å². The molecule has 0 saturated carbocycles. The third-order valence-electron chi connectivity index (χ3n) is 7.02. The number of nitrogens with zero attached hydrogens (tertiary/aromatic N) is 3. The minimum atomic E-state index is 0.645. The maximum absolute atomic E-state index is 9.32. The highest BCUT2D eigenvalue weighted by molar-refractivity contribution is 6.07. The van der Waals surface area contributed by atoms with Crippen LogP contribution in [0.1, 0.15) is 5.56 Å². The largest absolute Gasteiger partial charge is 0.291 e. The molecule has 7 aromatic rings. The topological polar surface area (TPSA) is 41.1 Å². The van der Waals surface area contributed by atoms with Crippen molar-refractivity contribution in [1.82, 2.24) is 9.38 Å². The Kier molecular flexibility index (Phi) is 4.84. The molecule has 0 atom stereocenters. The standard InChI is InChI=1S/C34H21N3/c35-22-23-15-17-26(18-16-23)30-21-27-13-7-8-14-31(27)37-33-29(25-11-5-2-6-12-25)20-19-28(32(33)36-34(30)37)24-9-3-1-4-10-24/h1-21H. The highest BCUT2D eigenvalue weighted by atomic mass is 15.0. The molecule has 0 spiro atoms. The molecule has 0 radical (unpaired) electrons. The van der Waals surface area contributed by atoms with E-state index in [-0.39, 0.29) is 0 Å². The predicted octanol–water partition coefficient (Wildman–Crippen LogP) is 8.51. The molecule has 0 aliphatic heterocycles. The van der Waals surface area contributed by atoms with Crippen LogP contribution in [0.5, 0.6) is 0 Å². The predicted molar refractivity (Wildman–Crippen MR) is 151 cm³/mol. The molecule has 37 heavy (non-hydrogen) atoms. The summed E-state index contributed by atoms with van der Waals surface area (Å²) in [6.07, 6.45) is 0. The van der Waals surface area contributed by atoms with Gasteiger partial charge in [-0.2, -0.15) is 5.26 Å². The summed E-state index contributed by atoms with van der Waals surface area (Å²) >= 11 is 0. The zero-order chi connectivity index (χ0) is 24.8. The van der Waals surface area contributed by atoms with Gasteiger partial charge >= 0.3 is 0 Å². The lowest BCUT2D eigenvalue weighted by Crippen LogP contribution is -1.94. The van der Waals surface area contributed by atoms with Crippen LogP contribution in [0.25, 0.3) is 61.0 Å². The van der Waals surface area contributed by atoms with E-state index in [0.29, 0.717) is 5.56 Å². The van der Waals surface area contributed by atoms with Gasteiger partial charge in [-0.15, -0.1) is 0 Å². The molecule has 0 saturated heterocycles. The summed E-state index contributed by atoms with van der Waals surface area (Å²) < 4.78 is 2.31. The Bertz CT molecular complexity index is 1960. The molecule has 172 valence electrons. The van der Waals surface area contributed by atoms with Gasteiger partial charge in [-0.05, 0) is 46.3 Å². The molecule has 5 aromatic carbocycles. The molecule has 7 rings (SSSR count). The summed E-state index contributed by atoms with van der Waals surface area (Å²) in [7, 11) is 0. The number of nitriles is 1. The number of benzene rings is 5. The van der Waals surface area contributed by atoms with Crippen LogP contribution >= 0.6 is 0 Å². The van der Waals surface area contributed by atoms with E-state index in [2.05, 4.69) is 101 Å². The molecule has 0 unspecified atom stereocenters.